The Morgan fingerprint density at radius 2 is 2.12 bits per heavy atom. The molecule has 0 spiro atoms. The normalized spacial score (nSPS) is 9.96. The summed E-state index contributed by atoms with van der Waals surface area (Å²) in [5, 5.41) is 11.3. The Bertz CT molecular complexity index is 857. The minimum atomic E-state index is -0.436. The third-order valence-electron chi connectivity index (χ3n) is 3.08. The topological polar surface area (TPSA) is 112 Å². The number of rotatable bonds is 5. The summed E-state index contributed by atoms with van der Waals surface area (Å²) in [6.45, 7) is 3.07. The summed E-state index contributed by atoms with van der Waals surface area (Å²) in [5.74, 6) is -1.04. The van der Waals surface area contributed by atoms with Crippen molar-refractivity contribution in [2.75, 3.05) is 5.75 Å². The van der Waals surface area contributed by atoms with Crippen molar-refractivity contribution >= 4 is 40.7 Å². The van der Waals surface area contributed by atoms with Gasteiger partial charge in [-0.3, -0.25) is 25.2 Å². The average molecular weight is 374 g/mol. The standard InChI is InChI=1S/C16H14N4O3S2/c1-9-12(10(2)21)6-11(7-17)16(18-9)25-8-14(22)19-20-15(23)13-4-3-5-24-13/h3-6H,8H2,1-2H3,(H,19,22)(H,20,23). The van der Waals surface area contributed by atoms with E-state index in [4.69, 9.17) is 0 Å². The van der Waals surface area contributed by atoms with Gasteiger partial charge in [-0.05, 0) is 31.4 Å². The zero-order valence-corrected chi connectivity index (χ0v) is 15.1. The van der Waals surface area contributed by atoms with E-state index >= 15 is 0 Å². The van der Waals surface area contributed by atoms with Crippen LogP contribution in [-0.4, -0.2) is 28.3 Å². The number of nitrogens with one attached hydrogen (secondary N) is 2. The summed E-state index contributed by atoms with van der Waals surface area (Å²) in [4.78, 5) is 39.8. The summed E-state index contributed by atoms with van der Waals surface area (Å²) in [6.07, 6.45) is 0. The van der Waals surface area contributed by atoms with E-state index in [1.54, 1.807) is 24.4 Å². The van der Waals surface area contributed by atoms with Gasteiger partial charge in [0.1, 0.15) is 11.1 Å². The first-order chi connectivity index (χ1) is 11.9. The molecule has 0 aromatic carbocycles. The fourth-order valence-electron chi connectivity index (χ4n) is 1.90. The highest BCUT2D eigenvalue weighted by Crippen LogP contribution is 2.22. The van der Waals surface area contributed by atoms with Crippen LogP contribution in [0.15, 0.2) is 28.6 Å². The van der Waals surface area contributed by atoms with E-state index in [9.17, 15) is 19.6 Å². The zero-order chi connectivity index (χ0) is 18.4. The van der Waals surface area contributed by atoms with Gasteiger partial charge in [0.25, 0.3) is 5.91 Å². The van der Waals surface area contributed by atoms with Gasteiger partial charge < -0.3 is 0 Å². The number of thiophene rings is 1. The van der Waals surface area contributed by atoms with Crippen molar-refractivity contribution in [3.05, 3.63) is 45.3 Å². The second kappa shape index (κ2) is 8.41. The number of carbonyl (C=O) groups is 3. The molecule has 128 valence electrons. The van der Waals surface area contributed by atoms with Crippen LogP contribution < -0.4 is 10.9 Å². The van der Waals surface area contributed by atoms with Crippen LogP contribution in [0.2, 0.25) is 0 Å². The number of hydrogen-bond acceptors (Lipinski definition) is 7. The summed E-state index contributed by atoms with van der Waals surface area (Å²) >= 11 is 2.32. The van der Waals surface area contributed by atoms with Gasteiger partial charge in [0, 0.05) is 11.3 Å². The predicted molar refractivity (Wildman–Crippen MR) is 94.3 cm³/mol. The van der Waals surface area contributed by atoms with Crippen molar-refractivity contribution in [2.24, 2.45) is 0 Å². The van der Waals surface area contributed by atoms with Crippen molar-refractivity contribution < 1.29 is 14.4 Å². The molecule has 0 saturated carbocycles. The number of aromatic nitrogens is 1. The number of thioether (sulfide) groups is 1. The summed E-state index contributed by atoms with van der Waals surface area (Å²) in [6, 6.07) is 6.83. The lowest BCUT2D eigenvalue weighted by atomic mass is 10.1. The Hall–Kier alpha value is -2.70. The molecule has 0 aliphatic heterocycles. The highest BCUT2D eigenvalue weighted by Gasteiger charge is 2.14. The van der Waals surface area contributed by atoms with Gasteiger partial charge in [-0.2, -0.15) is 5.26 Å². The molecule has 9 heteroatoms. The molecule has 0 aliphatic rings. The molecule has 0 radical (unpaired) electrons. The van der Waals surface area contributed by atoms with Crippen LogP contribution in [0.4, 0.5) is 0 Å². The van der Waals surface area contributed by atoms with Gasteiger partial charge in [-0.25, -0.2) is 4.98 Å². The smallest absolute Gasteiger partial charge is 0.279 e. The molecule has 7 nitrogen and oxygen atoms in total. The number of aryl methyl sites for hydroxylation is 1. The van der Waals surface area contributed by atoms with E-state index in [1.807, 2.05) is 6.07 Å². The molecule has 25 heavy (non-hydrogen) atoms. The third-order valence-corrected chi connectivity index (χ3v) is 4.94. The lowest BCUT2D eigenvalue weighted by Crippen LogP contribution is -2.42. The molecular formula is C16H14N4O3S2. The van der Waals surface area contributed by atoms with E-state index < -0.39 is 11.8 Å². The van der Waals surface area contributed by atoms with Crippen LogP contribution in [-0.2, 0) is 4.79 Å². The van der Waals surface area contributed by atoms with Crippen LogP contribution in [0.25, 0.3) is 0 Å². The van der Waals surface area contributed by atoms with E-state index in [0.717, 1.165) is 11.8 Å². The number of ketones is 1. The lowest BCUT2D eigenvalue weighted by molar-refractivity contribution is -0.119. The molecule has 0 bridgehead atoms. The Kier molecular flexibility index (Phi) is 6.27. The van der Waals surface area contributed by atoms with Crippen LogP contribution in [0, 0.1) is 18.3 Å². The molecule has 0 unspecified atom stereocenters. The maximum Gasteiger partial charge on any atom is 0.279 e. The number of nitriles is 1. The summed E-state index contributed by atoms with van der Waals surface area (Å²) < 4.78 is 0. The number of hydrogen-bond donors (Lipinski definition) is 2. The van der Waals surface area contributed by atoms with Gasteiger partial charge in [-0.1, -0.05) is 17.8 Å². The minimum absolute atomic E-state index is 0.0364. The van der Waals surface area contributed by atoms with E-state index in [-0.39, 0.29) is 17.1 Å². The first-order valence-electron chi connectivity index (χ1n) is 7.10. The quantitative estimate of drug-likeness (QED) is 0.471. The molecule has 2 N–H and O–H groups in total. The van der Waals surface area contributed by atoms with Gasteiger partial charge in [0.05, 0.1) is 16.2 Å². The van der Waals surface area contributed by atoms with Crippen molar-refractivity contribution in [3.63, 3.8) is 0 Å². The second-order valence-electron chi connectivity index (χ2n) is 4.91. The number of pyridine rings is 1. The van der Waals surface area contributed by atoms with Crippen LogP contribution in [0.5, 0.6) is 0 Å². The molecule has 2 aromatic rings. The molecule has 0 fully saturated rings. The van der Waals surface area contributed by atoms with Crippen molar-refractivity contribution in [1.29, 1.82) is 5.26 Å². The Morgan fingerprint density at radius 3 is 2.72 bits per heavy atom. The third kappa shape index (κ3) is 4.89. The molecular weight excluding hydrogens is 360 g/mol. The molecule has 2 rings (SSSR count). The maximum atomic E-state index is 11.8. The van der Waals surface area contributed by atoms with E-state index in [1.165, 1.54) is 24.3 Å². The Morgan fingerprint density at radius 1 is 1.36 bits per heavy atom. The maximum absolute atomic E-state index is 11.8. The second-order valence-corrected chi connectivity index (χ2v) is 6.82. The molecule has 2 amide bonds. The monoisotopic (exact) mass is 374 g/mol. The van der Waals surface area contributed by atoms with Crippen LogP contribution in [0.1, 0.15) is 38.2 Å². The molecule has 2 aromatic heterocycles. The lowest BCUT2D eigenvalue weighted by Gasteiger charge is -2.08. The molecule has 0 atom stereocenters. The summed E-state index contributed by atoms with van der Waals surface area (Å²) in [5.41, 5.74) is 5.73. The summed E-state index contributed by atoms with van der Waals surface area (Å²) in [7, 11) is 0. The molecule has 0 aliphatic carbocycles. The largest absolute Gasteiger partial charge is 0.294 e. The number of carbonyl (C=O) groups excluding carboxylic acids is 3. The van der Waals surface area contributed by atoms with E-state index in [0.29, 0.717) is 21.2 Å². The zero-order valence-electron chi connectivity index (χ0n) is 13.5. The number of nitrogens with zero attached hydrogens (tertiary/aromatic N) is 2. The van der Waals surface area contributed by atoms with Gasteiger partial charge in [0.15, 0.2) is 5.78 Å². The van der Waals surface area contributed by atoms with Crippen molar-refractivity contribution in [2.45, 2.75) is 18.9 Å². The predicted octanol–water partition coefficient (Wildman–Crippen LogP) is 2.08. The highest BCUT2D eigenvalue weighted by atomic mass is 32.2. The molecule has 0 saturated heterocycles. The number of hydrazine groups is 1. The van der Waals surface area contributed by atoms with Crippen molar-refractivity contribution in [3.8, 4) is 6.07 Å². The van der Waals surface area contributed by atoms with Gasteiger partial charge in [0.2, 0.25) is 5.91 Å². The Balaban J connectivity index is 1.95. The number of Topliss-reactive ketones (excluding diaryl/α,β-unsaturated/α-hetero) is 1. The SMILES string of the molecule is CC(=O)c1cc(C#N)c(SCC(=O)NNC(=O)c2cccs2)nc1C. The fraction of sp³-hybridized carbons (Fsp3) is 0.188. The molecule has 2 heterocycles. The first kappa shape index (κ1) is 18.6. The number of amides is 2. The first-order valence-corrected chi connectivity index (χ1v) is 8.97. The Labute approximate surface area is 152 Å². The average Bonchev–Trinajstić information content (AvgIpc) is 3.12. The van der Waals surface area contributed by atoms with Gasteiger partial charge in [-0.15, -0.1) is 11.3 Å². The minimum Gasteiger partial charge on any atom is -0.294 e. The highest BCUT2D eigenvalue weighted by molar-refractivity contribution is 8.00. The van der Waals surface area contributed by atoms with E-state index in [2.05, 4.69) is 15.8 Å². The van der Waals surface area contributed by atoms with Crippen molar-refractivity contribution in [1.82, 2.24) is 15.8 Å². The van der Waals surface area contributed by atoms with Crippen LogP contribution >= 0.6 is 23.1 Å². The van der Waals surface area contributed by atoms with Crippen LogP contribution in [0.3, 0.4) is 0 Å². The fourth-order valence-corrected chi connectivity index (χ4v) is 3.32. The van der Waals surface area contributed by atoms with Gasteiger partial charge >= 0.3 is 0 Å².